The van der Waals surface area contributed by atoms with Gasteiger partial charge >= 0.3 is 0 Å². The predicted molar refractivity (Wildman–Crippen MR) is 66.0 cm³/mol. The molecule has 0 aromatic heterocycles. The molecule has 1 saturated heterocycles. The minimum absolute atomic E-state index is 0.192. The van der Waals surface area contributed by atoms with Crippen LogP contribution in [0.5, 0.6) is 0 Å². The van der Waals surface area contributed by atoms with E-state index in [1.807, 2.05) is 29.2 Å². The molecule has 1 aliphatic heterocycles. The van der Waals surface area contributed by atoms with Gasteiger partial charge in [0.05, 0.1) is 5.69 Å². The molecule has 4 heteroatoms. The number of rotatable bonds is 2. The number of piperidine rings is 1. The third-order valence-corrected chi connectivity index (χ3v) is 4.36. The number of carbonyl (C=O) groups is 1. The maximum atomic E-state index is 12.1. The Labute approximate surface area is 103 Å². The Bertz CT molecular complexity index is 448. The van der Waals surface area contributed by atoms with Gasteiger partial charge in [-0.1, -0.05) is 12.1 Å². The maximum Gasteiger partial charge on any atom is 0.230 e. The molecule has 3 unspecified atom stereocenters. The van der Waals surface area contributed by atoms with Crippen molar-refractivity contribution < 1.29 is 4.79 Å². The highest BCUT2D eigenvalue weighted by Crippen LogP contribution is 2.53. The summed E-state index contributed by atoms with van der Waals surface area (Å²) in [6.45, 7) is 1.47. The van der Waals surface area contributed by atoms with E-state index in [1.54, 1.807) is 0 Å². The molecule has 3 nitrogen and oxygen atoms in total. The van der Waals surface area contributed by atoms with Gasteiger partial charge in [-0.25, -0.2) is 0 Å². The minimum Gasteiger partial charge on any atom is -0.330 e. The molecule has 3 atom stereocenters. The van der Waals surface area contributed by atoms with E-state index in [1.165, 1.54) is 0 Å². The molecule has 16 heavy (non-hydrogen) atoms. The van der Waals surface area contributed by atoms with Gasteiger partial charge in [0.1, 0.15) is 0 Å². The quantitative estimate of drug-likeness (QED) is 0.895. The van der Waals surface area contributed by atoms with Crippen LogP contribution in [0.4, 0.5) is 5.69 Å². The second-order valence-electron chi connectivity index (χ2n) is 4.49. The lowest BCUT2D eigenvalue weighted by Gasteiger charge is -2.21. The molecular weight excluding hydrogens is 268 g/mol. The number of nitrogens with two attached hydrogens (primary N) is 1. The fraction of sp³-hybridized carbons (Fsp3) is 0.417. The van der Waals surface area contributed by atoms with Crippen LogP contribution in [0.1, 0.15) is 0 Å². The Hall–Kier alpha value is -0.870. The smallest absolute Gasteiger partial charge is 0.230 e. The van der Waals surface area contributed by atoms with E-state index in [2.05, 4.69) is 15.9 Å². The molecule has 1 amide bonds. The highest BCUT2D eigenvalue weighted by Gasteiger charge is 2.60. The third-order valence-electron chi connectivity index (χ3n) is 3.69. The Morgan fingerprint density at radius 3 is 2.75 bits per heavy atom. The van der Waals surface area contributed by atoms with Crippen LogP contribution in [0.15, 0.2) is 28.7 Å². The SMILES string of the molecule is NCC1C2CN(c3ccccc3Br)C(=O)C12. The van der Waals surface area contributed by atoms with Gasteiger partial charge in [-0.2, -0.15) is 0 Å². The normalized spacial score (nSPS) is 31.8. The standard InChI is InChI=1S/C12H13BrN2O/c13-9-3-1-2-4-10(9)15-6-8-7(5-14)11(8)12(15)16/h1-4,7-8,11H,5-6,14H2. The molecule has 0 spiro atoms. The van der Waals surface area contributed by atoms with Crippen molar-refractivity contribution in [3.05, 3.63) is 28.7 Å². The van der Waals surface area contributed by atoms with Crippen molar-refractivity contribution in [3.8, 4) is 0 Å². The van der Waals surface area contributed by atoms with Gasteiger partial charge in [0, 0.05) is 16.9 Å². The first-order valence-corrected chi connectivity index (χ1v) is 6.29. The summed E-state index contributed by atoms with van der Waals surface area (Å²) in [6.07, 6.45) is 0. The maximum absolute atomic E-state index is 12.1. The lowest BCUT2D eigenvalue weighted by Crippen LogP contribution is -2.31. The average molecular weight is 281 g/mol. The molecule has 1 aromatic carbocycles. The predicted octanol–water partition coefficient (Wildman–Crippen LogP) is 1.62. The first-order valence-electron chi connectivity index (χ1n) is 5.50. The first kappa shape index (κ1) is 10.3. The van der Waals surface area contributed by atoms with Crippen LogP contribution >= 0.6 is 15.9 Å². The van der Waals surface area contributed by atoms with Crippen LogP contribution in [0.3, 0.4) is 0 Å². The van der Waals surface area contributed by atoms with E-state index < -0.39 is 0 Å². The van der Waals surface area contributed by atoms with Gasteiger partial charge in [-0.15, -0.1) is 0 Å². The zero-order valence-corrected chi connectivity index (χ0v) is 10.4. The van der Waals surface area contributed by atoms with Crippen LogP contribution < -0.4 is 10.6 Å². The fourth-order valence-electron chi connectivity index (χ4n) is 2.75. The summed E-state index contributed by atoms with van der Waals surface area (Å²) in [5.74, 6) is 1.36. The zero-order chi connectivity index (χ0) is 11.3. The Balaban J connectivity index is 1.85. The second-order valence-corrected chi connectivity index (χ2v) is 5.34. The van der Waals surface area contributed by atoms with E-state index in [9.17, 15) is 4.79 Å². The highest BCUT2D eigenvalue weighted by molar-refractivity contribution is 9.10. The number of fused-ring (bicyclic) bond motifs is 1. The van der Waals surface area contributed by atoms with Gasteiger partial charge in [-0.05, 0) is 46.4 Å². The van der Waals surface area contributed by atoms with Gasteiger partial charge in [0.25, 0.3) is 0 Å². The summed E-state index contributed by atoms with van der Waals surface area (Å²) in [5, 5.41) is 0. The minimum atomic E-state index is 0.192. The lowest BCUT2D eigenvalue weighted by molar-refractivity contribution is -0.119. The number of anilines is 1. The van der Waals surface area contributed by atoms with E-state index in [0.717, 1.165) is 16.7 Å². The Morgan fingerprint density at radius 1 is 1.44 bits per heavy atom. The van der Waals surface area contributed by atoms with Gasteiger partial charge in [0.15, 0.2) is 0 Å². The van der Waals surface area contributed by atoms with Crippen molar-refractivity contribution in [2.24, 2.45) is 23.5 Å². The van der Waals surface area contributed by atoms with Gasteiger partial charge in [-0.3, -0.25) is 4.79 Å². The van der Waals surface area contributed by atoms with Crippen LogP contribution in [-0.4, -0.2) is 19.0 Å². The molecule has 2 aliphatic rings. The number of benzene rings is 1. The van der Waals surface area contributed by atoms with Crippen LogP contribution in [0.25, 0.3) is 0 Å². The largest absolute Gasteiger partial charge is 0.330 e. The van der Waals surface area contributed by atoms with E-state index in [0.29, 0.717) is 18.4 Å². The zero-order valence-electron chi connectivity index (χ0n) is 8.77. The number of amides is 1. The molecule has 0 radical (unpaired) electrons. The summed E-state index contributed by atoms with van der Waals surface area (Å²) in [4.78, 5) is 14.0. The van der Waals surface area contributed by atoms with Crippen molar-refractivity contribution in [2.45, 2.75) is 0 Å². The molecule has 2 fully saturated rings. The van der Waals surface area contributed by atoms with Crippen molar-refractivity contribution in [3.63, 3.8) is 0 Å². The molecule has 1 aliphatic carbocycles. The molecule has 1 saturated carbocycles. The van der Waals surface area contributed by atoms with Crippen molar-refractivity contribution >= 4 is 27.5 Å². The third kappa shape index (κ3) is 1.33. The number of nitrogens with zero attached hydrogens (tertiary/aromatic N) is 1. The Kier molecular flexibility index (Phi) is 2.30. The van der Waals surface area contributed by atoms with E-state index >= 15 is 0 Å². The van der Waals surface area contributed by atoms with Gasteiger partial charge < -0.3 is 10.6 Å². The summed E-state index contributed by atoms with van der Waals surface area (Å²) < 4.78 is 0.981. The fourth-order valence-corrected chi connectivity index (χ4v) is 3.25. The van der Waals surface area contributed by atoms with Gasteiger partial charge in [0.2, 0.25) is 5.91 Å². The molecular formula is C12H13BrN2O. The summed E-state index contributed by atoms with van der Waals surface area (Å²) in [7, 11) is 0. The van der Waals surface area contributed by atoms with Crippen LogP contribution in [0, 0.1) is 17.8 Å². The first-order chi connectivity index (χ1) is 7.74. The summed E-state index contributed by atoms with van der Waals surface area (Å²) in [6, 6.07) is 7.85. The second kappa shape index (κ2) is 3.57. The molecule has 1 aromatic rings. The van der Waals surface area contributed by atoms with Crippen molar-refractivity contribution in [2.75, 3.05) is 18.0 Å². The van der Waals surface area contributed by atoms with E-state index in [-0.39, 0.29) is 11.8 Å². The molecule has 1 heterocycles. The van der Waals surface area contributed by atoms with Crippen molar-refractivity contribution in [1.82, 2.24) is 0 Å². The summed E-state index contributed by atoms with van der Waals surface area (Å²) in [5.41, 5.74) is 6.60. The number of hydrogen-bond donors (Lipinski definition) is 1. The van der Waals surface area contributed by atoms with Crippen molar-refractivity contribution in [1.29, 1.82) is 0 Å². The Morgan fingerprint density at radius 2 is 2.19 bits per heavy atom. The molecule has 84 valence electrons. The average Bonchev–Trinajstić information content (AvgIpc) is 2.89. The lowest BCUT2D eigenvalue weighted by atomic mass is 10.2. The monoisotopic (exact) mass is 280 g/mol. The molecule has 2 N–H and O–H groups in total. The number of hydrogen-bond acceptors (Lipinski definition) is 2. The summed E-state index contributed by atoms with van der Waals surface area (Å²) >= 11 is 3.48. The van der Waals surface area contributed by atoms with Crippen LogP contribution in [-0.2, 0) is 4.79 Å². The van der Waals surface area contributed by atoms with E-state index in [4.69, 9.17) is 5.73 Å². The number of carbonyl (C=O) groups excluding carboxylic acids is 1. The highest BCUT2D eigenvalue weighted by atomic mass is 79.9. The topological polar surface area (TPSA) is 46.3 Å². The molecule has 0 bridgehead atoms. The number of halogens is 1. The molecule has 3 rings (SSSR count). The van der Waals surface area contributed by atoms with Crippen LogP contribution in [0.2, 0.25) is 0 Å². The number of para-hydroxylation sites is 1.